The zero-order chi connectivity index (χ0) is 20.0. The Morgan fingerprint density at radius 2 is 1.42 bits per heavy atom. The number of carboxylic acid groups (broad SMARTS) is 1. The zero-order valence-corrected chi connectivity index (χ0v) is 18.5. The first-order valence-electron chi connectivity index (χ1n) is 11.2. The molecule has 156 valence electrons. The molecule has 3 unspecified atom stereocenters. The molecule has 0 aliphatic rings. The predicted molar refractivity (Wildman–Crippen MR) is 112 cm³/mol. The molecule has 0 rings (SSSR count). The molecular formula is C23H46O3. The van der Waals surface area contributed by atoms with Crippen molar-refractivity contribution in [3.8, 4) is 0 Å². The van der Waals surface area contributed by atoms with Gasteiger partial charge in [-0.15, -0.1) is 0 Å². The highest BCUT2D eigenvalue weighted by Gasteiger charge is 2.30. The minimum Gasteiger partial charge on any atom is -0.481 e. The third kappa shape index (κ3) is 11.2. The highest BCUT2D eigenvalue weighted by atomic mass is 16.5. The summed E-state index contributed by atoms with van der Waals surface area (Å²) in [4.78, 5) is 11.3. The van der Waals surface area contributed by atoms with Gasteiger partial charge in [-0.05, 0) is 45.4 Å². The third-order valence-electron chi connectivity index (χ3n) is 5.89. The van der Waals surface area contributed by atoms with Gasteiger partial charge in [-0.3, -0.25) is 4.79 Å². The van der Waals surface area contributed by atoms with Crippen molar-refractivity contribution in [3.05, 3.63) is 0 Å². The van der Waals surface area contributed by atoms with Gasteiger partial charge in [0.15, 0.2) is 0 Å². The minimum absolute atomic E-state index is 0.0694. The maximum absolute atomic E-state index is 11.3. The van der Waals surface area contributed by atoms with Crippen LogP contribution in [-0.4, -0.2) is 22.8 Å². The second kappa shape index (κ2) is 14.5. The Labute approximate surface area is 163 Å². The molecule has 0 aliphatic carbocycles. The van der Waals surface area contributed by atoms with Gasteiger partial charge >= 0.3 is 5.97 Å². The second-order valence-corrected chi connectivity index (χ2v) is 8.55. The van der Waals surface area contributed by atoms with Crippen LogP contribution >= 0.6 is 0 Å². The first-order valence-corrected chi connectivity index (χ1v) is 11.2. The van der Waals surface area contributed by atoms with Crippen LogP contribution < -0.4 is 0 Å². The van der Waals surface area contributed by atoms with E-state index in [1.54, 1.807) is 0 Å². The van der Waals surface area contributed by atoms with Crippen LogP contribution in [0.25, 0.3) is 0 Å². The van der Waals surface area contributed by atoms with Crippen molar-refractivity contribution in [2.75, 3.05) is 0 Å². The summed E-state index contributed by atoms with van der Waals surface area (Å²) in [6, 6.07) is 0. The largest absolute Gasteiger partial charge is 0.481 e. The Balaban J connectivity index is 4.70. The van der Waals surface area contributed by atoms with E-state index in [4.69, 9.17) is 4.74 Å². The lowest BCUT2D eigenvalue weighted by atomic mass is 9.88. The van der Waals surface area contributed by atoms with Gasteiger partial charge in [-0.2, -0.15) is 0 Å². The molecule has 0 bridgehead atoms. The Kier molecular flexibility index (Phi) is 14.2. The fourth-order valence-electron chi connectivity index (χ4n) is 3.74. The average molecular weight is 371 g/mol. The predicted octanol–water partition coefficient (Wildman–Crippen LogP) is 7.23. The van der Waals surface area contributed by atoms with Crippen molar-refractivity contribution in [2.24, 2.45) is 11.8 Å². The summed E-state index contributed by atoms with van der Waals surface area (Å²) < 4.78 is 6.59. The molecule has 0 saturated heterocycles. The summed E-state index contributed by atoms with van der Waals surface area (Å²) in [6.45, 7) is 13.0. The van der Waals surface area contributed by atoms with E-state index in [0.29, 0.717) is 12.8 Å². The zero-order valence-electron chi connectivity index (χ0n) is 18.5. The number of rotatable bonds is 17. The van der Waals surface area contributed by atoms with E-state index in [9.17, 15) is 9.90 Å². The Bertz CT molecular complexity index is 341. The fourth-order valence-corrected chi connectivity index (χ4v) is 3.74. The lowest BCUT2D eigenvalue weighted by molar-refractivity contribution is -0.144. The molecule has 0 aliphatic heterocycles. The summed E-state index contributed by atoms with van der Waals surface area (Å²) in [5, 5.41) is 9.33. The molecule has 0 aromatic heterocycles. The van der Waals surface area contributed by atoms with Crippen LogP contribution in [0.4, 0.5) is 0 Å². The highest BCUT2D eigenvalue weighted by Crippen LogP contribution is 2.31. The van der Waals surface area contributed by atoms with Crippen molar-refractivity contribution < 1.29 is 14.6 Å². The number of aliphatic carboxylic acids is 1. The van der Waals surface area contributed by atoms with E-state index in [0.717, 1.165) is 12.8 Å². The van der Waals surface area contributed by atoms with Crippen LogP contribution in [-0.2, 0) is 9.53 Å². The van der Waals surface area contributed by atoms with Crippen LogP contribution in [0.15, 0.2) is 0 Å². The maximum Gasteiger partial charge on any atom is 0.306 e. The number of ether oxygens (including phenoxy) is 1. The molecule has 0 fully saturated rings. The molecule has 0 radical (unpaired) electrons. The molecule has 3 heteroatoms. The molecule has 3 atom stereocenters. The van der Waals surface area contributed by atoms with Gasteiger partial charge in [0.1, 0.15) is 0 Å². The van der Waals surface area contributed by atoms with Crippen molar-refractivity contribution in [3.63, 3.8) is 0 Å². The van der Waals surface area contributed by atoms with E-state index in [1.807, 2.05) is 6.92 Å². The van der Waals surface area contributed by atoms with Crippen molar-refractivity contribution in [1.82, 2.24) is 0 Å². The van der Waals surface area contributed by atoms with Crippen molar-refractivity contribution >= 4 is 5.97 Å². The molecule has 0 heterocycles. The number of hydrogen-bond acceptors (Lipinski definition) is 2. The number of carboxylic acids is 1. The van der Waals surface area contributed by atoms with E-state index >= 15 is 0 Å². The van der Waals surface area contributed by atoms with E-state index in [-0.39, 0.29) is 23.5 Å². The molecule has 0 aromatic carbocycles. The van der Waals surface area contributed by atoms with Gasteiger partial charge in [0.25, 0.3) is 0 Å². The molecule has 0 saturated carbocycles. The van der Waals surface area contributed by atoms with Crippen molar-refractivity contribution in [2.45, 2.75) is 130 Å². The molecule has 26 heavy (non-hydrogen) atoms. The van der Waals surface area contributed by atoms with Gasteiger partial charge in [-0.25, -0.2) is 0 Å². The van der Waals surface area contributed by atoms with Gasteiger partial charge in [-0.1, -0.05) is 79.1 Å². The van der Waals surface area contributed by atoms with E-state index in [2.05, 4.69) is 34.6 Å². The number of hydrogen-bond donors (Lipinski definition) is 1. The average Bonchev–Trinajstić information content (AvgIpc) is 2.60. The van der Waals surface area contributed by atoms with Gasteiger partial charge in [0, 0.05) is 0 Å². The molecular weight excluding hydrogens is 324 g/mol. The standard InChI is InChI=1S/C23H46O3/c1-7-10-12-14-16-23(6,17-15-13-11-8-2)26-20(5)19(4)18-21(9-3)22(24)25/h19-21H,7-18H2,1-6H3,(H,24,25). The molecule has 1 N–H and O–H groups in total. The van der Waals surface area contributed by atoms with E-state index < -0.39 is 5.97 Å². The van der Waals surface area contributed by atoms with Crippen LogP contribution in [0, 0.1) is 11.8 Å². The SMILES string of the molecule is CCCCCCC(C)(CCCCCC)OC(C)C(C)CC(CC)C(=O)O. The minimum atomic E-state index is -0.673. The first-order chi connectivity index (χ1) is 12.3. The van der Waals surface area contributed by atoms with Crippen LogP contribution in [0.5, 0.6) is 0 Å². The quantitative estimate of drug-likeness (QED) is 0.275. The van der Waals surface area contributed by atoms with Gasteiger partial charge in [0.05, 0.1) is 17.6 Å². The Morgan fingerprint density at radius 1 is 0.923 bits per heavy atom. The summed E-state index contributed by atoms with van der Waals surface area (Å²) in [6.07, 6.45) is 13.9. The third-order valence-corrected chi connectivity index (χ3v) is 5.89. The normalized spacial score (nSPS) is 15.6. The number of unbranched alkanes of at least 4 members (excludes halogenated alkanes) is 6. The molecule has 0 spiro atoms. The van der Waals surface area contributed by atoms with Crippen molar-refractivity contribution in [1.29, 1.82) is 0 Å². The fraction of sp³-hybridized carbons (Fsp3) is 0.957. The summed E-state index contributed by atoms with van der Waals surface area (Å²) in [7, 11) is 0. The van der Waals surface area contributed by atoms with Crippen LogP contribution in [0.3, 0.4) is 0 Å². The Hall–Kier alpha value is -0.570. The highest BCUT2D eigenvalue weighted by molar-refractivity contribution is 5.69. The molecule has 3 nitrogen and oxygen atoms in total. The second-order valence-electron chi connectivity index (χ2n) is 8.55. The van der Waals surface area contributed by atoms with Gasteiger partial charge in [0.2, 0.25) is 0 Å². The Morgan fingerprint density at radius 3 is 1.81 bits per heavy atom. The lowest BCUT2D eigenvalue weighted by Crippen LogP contribution is -2.36. The molecule has 0 amide bonds. The smallest absolute Gasteiger partial charge is 0.306 e. The summed E-state index contributed by atoms with van der Waals surface area (Å²) >= 11 is 0. The number of carbonyl (C=O) groups is 1. The van der Waals surface area contributed by atoms with Crippen LogP contribution in [0.2, 0.25) is 0 Å². The first kappa shape index (κ1) is 25.4. The monoisotopic (exact) mass is 370 g/mol. The van der Waals surface area contributed by atoms with Crippen LogP contribution in [0.1, 0.15) is 119 Å². The summed E-state index contributed by atoms with van der Waals surface area (Å²) in [5.41, 5.74) is -0.0694. The van der Waals surface area contributed by atoms with Gasteiger partial charge < -0.3 is 9.84 Å². The molecule has 0 aromatic rings. The van der Waals surface area contributed by atoms with E-state index in [1.165, 1.54) is 51.4 Å². The lowest BCUT2D eigenvalue weighted by Gasteiger charge is -2.36. The topological polar surface area (TPSA) is 46.5 Å². The summed E-state index contributed by atoms with van der Waals surface area (Å²) in [5.74, 6) is -0.661. The maximum atomic E-state index is 11.3.